The number of rotatable bonds is 6. The van der Waals surface area contributed by atoms with Crippen LogP contribution in [0.1, 0.15) is 29.6 Å². The molecule has 1 saturated carbocycles. The van der Waals surface area contributed by atoms with E-state index in [9.17, 15) is 31.1 Å². The molecule has 0 saturated heterocycles. The van der Waals surface area contributed by atoms with Crippen molar-refractivity contribution in [3.63, 3.8) is 0 Å². The third kappa shape index (κ3) is 5.72. The van der Waals surface area contributed by atoms with Crippen molar-refractivity contribution in [2.24, 2.45) is 0 Å². The third-order valence-electron chi connectivity index (χ3n) is 4.57. The fourth-order valence-corrected chi connectivity index (χ4v) is 3.27. The number of halogens is 6. The van der Waals surface area contributed by atoms with Gasteiger partial charge in [-0.2, -0.15) is 22.0 Å². The molecule has 1 aliphatic carbocycles. The predicted molar refractivity (Wildman–Crippen MR) is 91.3 cm³/mol. The topological polar surface area (TPSA) is 63.2 Å². The predicted octanol–water partition coefficient (Wildman–Crippen LogP) is 3.78. The summed E-state index contributed by atoms with van der Waals surface area (Å²) in [6.45, 7) is -4.27. The first-order valence-corrected chi connectivity index (χ1v) is 8.76. The number of ether oxygens (including phenoxy) is 1. The summed E-state index contributed by atoms with van der Waals surface area (Å²) >= 11 is 0. The molecular formula is C18H17F6N3O2. The first-order chi connectivity index (χ1) is 13.6. The van der Waals surface area contributed by atoms with Crippen LogP contribution in [0.3, 0.4) is 0 Å². The Kier molecular flexibility index (Phi) is 6.15. The van der Waals surface area contributed by atoms with E-state index in [0.717, 1.165) is 12.1 Å². The molecule has 5 nitrogen and oxygen atoms in total. The minimum absolute atomic E-state index is 0.117. The third-order valence-corrected chi connectivity index (χ3v) is 4.57. The number of aromatic nitrogens is 1. The summed E-state index contributed by atoms with van der Waals surface area (Å²) < 4.78 is 79.3. The van der Waals surface area contributed by atoms with E-state index in [1.165, 1.54) is 12.3 Å². The van der Waals surface area contributed by atoms with Gasteiger partial charge in [-0.25, -0.2) is 4.39 Å². The molecule has 11 heteroatoms. The lowest BCUT2D eigenvalue weighted by Crippen LogP contribution is -2.38. The number of carbonyl (C=O) groups is 1. The van der Waals surface area contributed by atoms with Gasteiger partial charge in [-0.15, -0.1) is 0 Å². The summed E-state index contributed by atoms with van der Waals surface area (Å²) in [7, 11) is 0. The van der Waals surface area contributed by atoms with Gasteiger partial charge in [0.25, 0.3) is 5.91 Å². The Hall–Kier alpha value is -2.56. The van der Waals surface area contributed by atoms with Gasteiger partial charge in [0, 0.05) is 29.7 Å². The maximum atomic E-state index is 13.9. The Morgan fingerprint density at radius 1 is 1.21 bits per heavy atom. The van der Waals surface area contributed by atoms with Gasteiger partial charge in [0.05, 0.1) is 17.6 Å². The van der Waals surface area contributed by atoms with Gasteiger partial charge >= 0.3 is 12.8 Å². The normalized spacial score (nSPS) is 19.7. The van der Waals surface area contributed by atoms with E-state index in [4.69, 9.17) is 0 Å². The van der Waals surface area contributed by atoms with E-state index in [0.29, 0.717) is 19.3 Å². The standard InChI is InChI=1S/C18H17F6N3O2/c19-13-4-9-3-10(7-25-14(9)6-15(13)29-17(20)21)16(28)27-12-2-1-11(5-12)26-8-18(22,23)24/h3-4,6-7,11-12,17,26H,1-2,5,8H2,(H,27,28)/t11-,12?/m1/s1. The summed E-state index contributed by atoms with van der Waals surface area (Å²) in [5.74, 6) is -2.18. The number of nitrogens with zero attached hydrogens (tertiary/aromatic N) is 1. The maximum Gasteiger partial charge on any atom is 0.401 e. The lowest BCUT2D eigenvalue weighted by Gasteiger charge is -2.16. The number of pyridine rings is 1. The number of alkyl halides is 5. The van der Waals surface area contributed by atoms with Gasteiger partial charge in [0.2, 0.25) is 0 Å². The maximum absolute atomic E-state index is 13.9. The Morgan fingerprint density at radius 2 is 1.93 bits per heavy atom. The van der Waals surface area contributed by atoms with Gasteiger partial charge in [-0.3, -0.25) is 9.78 Å². The van der Waals surface area contributed by atoms with Crippen LogP contribution in [0, 0.1) is 5.82 Å². The quantitative estimate of drug-likeness (QED) is 0.697. The summed E-state index contributed by atoms with van der Waals surface area (Å²) in [6, 6.07) is 2.64. The van der Waals surface area contributed by atoms with Gasteiger partial charge in [-0.1, -0.05) is 0 Å². The monoisotopic (exact) mass is 421 g/mol. The molecule has 0 bridgehead atoms. The molecule has 158 valence electrons. The van der Waals surface area contributed by atoms with Crippen LogP contribution in [0.2, 0.25) is 0 Å². The van der Waals surface area contributed by atoms with Crippen molar-refractivity contribution in [3.05, 3.63) is 35.8 Å². The molecule has 2 N–H and O–H groups in total. The van der Waals surface area contributed by atoms with Crippen molar-refractivity contribution >= 4 is 16.8 Å². The van der Waals surface area contributed by atoms with Crippen LogP contribution in [-0.2, 0) is 0 Å². The summed E-state index contributed by atoms with van der Waals surface area (Å²) in [5.41, 5.74) is 0.280. The molecule has 1 unspecified atom stereocenters. The molecule has 1 heterocycles. The molecule has 0 radical (unpaired) electrons. The first-order valence-electron chi connectivity index (χ1n) is 8.76. The minimum Gasteiger partial charge on any atom is -0.432 e. The smallest absolute Gasteiger partial charge is 0.401 e. The Morgan fingerprint density at radius 3 is 2.62 bits per heavy atom. The second-order valence-corrected chi connectivity index (χ2v) is 6.75. The second-order valence-electron chi connectivity index (χ2n) is 6.75. The zero-order chi connectivity index (χ0) is 21.2. The number of fused-ring (bicyclic) bond motifs is 1. The number of carbonyl (C=O) groups excluding carboxylic acids is 1. The molecule has 2 atom stereocenters. The molecule has 1 amide bonds. The molecular weight excluding hydrogens is 404 g/mol. The van der Waals surface area contributed by atoms with Crippen LogP contribution in [0.5, 0.6) is 5.75 Å². The largest absolute Gasteiger partial charge is 0.432 e. The fourth-order valence-electron chi connectivity index (χ4n) is 3.27. The Bertz CT molecular complexity index is 890. The molecule has 1 aromatic carbocycles. The lowest BCUT2D eigenvalue weighted by atomic mass is 10.1. The average molecular weight is 421 g/mol. The van der Waals surface area contributed by atoms with E-state index < -0.39 is 36.8 Å². The summed E-state index contributed by atoms with van der Waals surface area (Å²) in [5, 5.41) is 5.36. The zero-order valence-electron chi connectivity index (χ0n) is 14.9. The highest BCUT2D eigenvalue weighted by atomic mass is 19.4. The Balaban J connectivity index is 1.64. The van der Waals surface area contributed by atoms with E-state index in [-0.39, 0.29) is 28.6 Å². The summed E-state index contributed by atoms with van der Waals surface area (Å²) in [6.07, 6.45) is -1.73. The number of benzene rings is 1. The SMILES string of the molecule is O=C(NC1CC[C@@H](NCC(F)(F)F)C1)c1cnc2cc(OC(F)F)c(F)cc2c1. The number of amides is 1. The molecule has 1 aromatic heterocycles. The average Bonchev–Trinajstić information content (AvgIpc) is 3.06. The minimum atomic E-state index is -4.30. The number of hydrogen-bond donors (Lipinski definition) is 2. The van der Waals surface area contributed by atoms with Crippen LogP contribution in [0.25, 0.3) is 10.9 Å². The molecule has 0 aliphatic heterocycles. The number of hydrogen-bond acceptors (Lipinski definition) is 4. The molecule has 0 spiro atoms. The Labute approximate surface area is 161 Å². The van der Waals surface area contributed by atoms with Gasteiger partial charge in [-0.05, 0) is 31.4 Å². The van der Waals surface area contributed by atoms with E-state index in [2.05, 4.69) is 20.4 Å². The van der Waals surface area contributed by atoms with Crippen LogP contribution in [0.4, 0.5) is 26.3 Å². The van der Waals surface area contributed by atoms with Crippen LogP contribution >= 0.6 is 0 Å². The van der Waals surface area contributed by atoms with Crippen molar-refractivity contribution in [3.8, 4) is 5.75 Å². The molecule has 2 aromatic rings. The highest BCUT2D eigenvalue weighted by Gasteiger charge is 2.31. The molecule has 1 aliphatic rings. The number of nitrogens with one attached hydrogen (secondary N) is 2. The van der Waals surface area contributed by atoms with Crippen molar-refractivity contribution in [2.45, 2.75) is 44.1 Å². The van der Waals surface area contributed by atoms with Gasteiger partial charge in [0.1, 0.15) is 0 Å². The van der Waals surface area contributed by atoms with Crippen molar-refractivity contribution in [2.75, 3.05) is 6.54 Å². The summed E-state index contributed by atoms with van der Waals surface area (Å²) in [4.78, 5) is 16.4. The van der Waals surface area contributed by atoms with Gasteiger partial charge in [0.15, 0.2) is 11.6 Å². The second kappa shape index (κ2) is 8.44. The van der Waals surface area contributed by atoms with Crippen LogP contribution in [0.15, 0.2) is 24.4 Å². The molecule has 1 fully saturated rings. The van der Waals surface area contributed by atoms with Crippen molar-refractivity contribution in [1.82, 2.24) is 15.6 Å². The first kappa shape index (κ1) is 21.2. The van der Waals surface area contributed by atoms with Crippen LogP contribution < -0.4 is 15.4 Å². The van der Waals surface area contributed by atoms with Gasteiger partial charge < -0.3 is 15.4 Å². The van der Waals surface area contributed by atoms with Crippen molar-refractivity contribution in [1.29, 1.82) is 0 Å². The van der Waals surface area contributed by atoms with Crippen molar-refractivity contribution < 1.29 is 35.9 Å². The molecule has 29 heavy (non-hydrogen) atoms. The highest BCUT2D eigenvalue weighted by Crippen LogP contribution is 2.26. The van der Waals surface area contributed by atoms with Crippen LogP contribution in [-0.4, -0.2) is 42.3 Å². The van der Waals surface area contributed by atoms with E-state index >= 15 is 0 Å². The molecule has 3 rings (SSSR count). The lowest BCUT2D eigenvalue weighted by molar-refractivity contribution is -0.126. The van der Waals surface area contributed by atoms with E-state index in [1.807, 2.05) is 0 Å². The zero-order valence-corrected chi connectivity index (χ0v) is 14.9. The highest BCUT2D eigenvalue weighted by molar-refractivity contribution is 5.97. The van der Waals surface area contributed by atoms with E-state index in [1.54, 1.807) is 0 Å². The fraction of sp³-hybridized carbons (Fsp3) is 0.444.